The second-order valence-corrected chi connectivity index (χ2v) is 6.45. The Morgan fingerprint density at radius 3 is 2.36 bits per heavy atom. The van der Waals surface area contributed by atoms with E-state index in [-0.39, 0.29) is 5.41 Å². The van der Waals surface area contributed by atoms with E-state index in [1.54, 1.807) is 6.33 Å². The maximum atomic E-state index is 5.87. The normalized spacial score (nSPS) is 11.6. The minimum atomic E-state index is 0.147. The number of rotatable bonds is 2. The molecule has 112 valence electrons. The fraction of sp³-hybridized carbons (Fsp3) is 0.222. The van der Waals surface area contributed by atoms with Gasteiger partial charge in [0.1, 0.15) is 12.1 Å². The average Bonchev–Trinajstić information content (AvgIpc) is 2.47. The lowest BCUT2D eigenvalue weighted by Gasteiger charge is -2.19. The number of nitrogen functional groups attached to an aromatic ring is 1. The Bertz CT molecular complexity index is 801. The highest BCUT2D eigenvalue weighted by atomic mass is 15.0. The van der Waals surface area contributed by atoms with Crippen LogP contribution >= 0.6 is 0 Å². The van der Waals surface area contributed by atoms with Crippen LogP contribution in [-0.2, 0) is 5.41 Å². The molecule has 0 fully saturated rings. The van der Waals surface area contributed by atoms with E-state index in [4.69, 9.17) is 5.73 Å². The van der Waals surface area contributed by atoms with Crippen LogP contribution in [0.1, 0.15) is 26.3 Å². The second kappa shape index (κ2) is 5.30. The summed E-state index contributed by atoms with van der Waals surface area (Å²) in [7, 11) is 0. The van der Waals surface area contributed by atoms with Gasteiger partial charge in [-0.25, -0.2) is 9.97 Å². The molecule has 1 aromatic heterocycles. The topological polar surface area (TPSA) is 63.8 Å². The largest absolute Gasteiger partial charge is 0.399 e. The van der Waals surface area contributed by atoms with E-state index in [0.29, 0.717) is 5.69 Å². The Balaban J connectivity index is 1.95. The lowest BCUT2D eigenvalue weighted by atomic mass is 9.87. The molecule has 0 aliphatic rings. The summed E-state index contributed by atoms with van der Waals surface area (Å²) in [6.07, 6.45) is 1.56. The molecule has 3 rings (SSSR count). The SMILES string of the molecule is CC(C)(C)c1ccc(Nc2ncnc3ccc(N)cc23)cc1. The van der Waals surface area contributed by atoms with Crippen LogP contribution in [0.5, 0.6) is 0 Å². The first-order valence-corrected chi connectivity index (χ1v) is 7.31. The fourth-order valence-electron chi connectivity index (χ4n) is 2.36. The van der Waals surface area contributed by atoms with Crippen LogP contribution in [0.25, 0.3) is 10.9 Å². The summed E-state index contributed by atoms with van der Waals surface area (Å²) in [5.74, 6) is 0.765. The summed E-state index contributed by atoms with van der Waals surface area (Å²) in [6.45, 7) is 6.61. The number of hydrogen-bond donors (Lipinski definition) is 2. The quantitative estimate of drug-likeness (QED) is 0.693. The molecule has 0 unspecified atom stereocenters. The van der Waals surface area contributed by atoms with Gasteiger partial charge in [0.15, 0.2) is 0 Å². The smallest absolute Gasteiger partial charge is 0.141 e. The van der Waals surface area contributed by atoms with Crippen molar-refractivity contribution in [1.82, 2.24) is 9.97 Å². The molecule has 0 amide bonds. The molecule has 0 atom stereocenters. The molecule has 22 heavy (non-hydrogen) atoms. The van der Waals surface area contributed by atoms with E-state index in [0.717, 1.165) is 22.4 Å². The molecular weight excluding hydrogens is 272 g/mol. The first kappa shape index (κ1) is 14.3. The molecule has 2 aromatic carbocycles. The number of nitrogens with two attached hydrogens (primary N) is 1. The maximum Gasteiger partial charge on any atom is 0.141 e. The first-order chi connectivity index (χ1) is 10.4. The van der Waals surface area contributed by atoms with Crippen molar-refractivity contribution in [2.45, 2.75) is 26.2 Å². The van der Waals surface area contributed by atoms with Crippen LogP contribution in [0.15, 0.2) is 48.8 Å². The second-order valence-electron chi connectivity index (χ2n) is 6.45. The van der Waals surface area contributed by atoms with Gasteiger partial charge in [-0.3, -0.25) is 0 Å². The van der Waals surface area contributed by atoms with Crippen LogP contribution < -0.4 is 11.1 Å². The number of nitrogens with zero attached hydrogens (tertiary/aromatic N) is 2. The zero-order valence-corrected chi connectivity index (χ0v) is 13.1. The van der Waals surface area contributed by atoms with Crippen molar-refractivity contribution >= 4 is 28.1 Å². The lowest BCUT2D eigenvalue weighted by Crippen LogP contribution is -2.10. The number of anilines is 3. The van der Waals surface area contributed by atoms with Gasteiger partial charge in [0, 0.05) is 16.8 Å². The Morgan fingerprint density at radius 1 is 0.955 bits per heavy atom. The fourth-order valence-corrected chi connectivity index (χ4v) is 2.36. The highest BCUT2D eigenvalue weighted by molar-refractivity contribution is 5.92. The van der Waals surface area contributed by atoms with Gasteiger partial charge < -0.3 is 11.1 Å². The van der Waals surface area contributed by atoms with Crippen molar-refractivity contribution < 1.29 is 0 Å². The molecule has 4 nitrogen and oxygen atoms in total. The Hall–Kier alpha value is -2.62. The predicted octanol–water partition coefficient (Wildman–Crippen LogP) is 4.25. The Labute approximate surface area is 130 Å². The van der Waals surface area contributed by atoms with Gasteiger partial charge in [-0.05, 0) is 41.3 Å². The van der Waals surface area contributed by atoms with Crippen LogP contribution in [0, 0.1) is 0 Å². The molecular formula is C18H20N4. The molecule has 0 saturated heterocycles. The molecule has 0 aliphatic carbocycles. The van der Waals surface area contributed by atoms with Gasteiger partial charge in [-0.2, -0.15) is 0 Å². The van der Waals surface area contributed by atoms with Gasteiger partial charge >= 0.3 is 0 Å². The van der Waals surface area contributed by atoms with Gasteiger partial charge in [0.25, 0.3) is 0 Å². The van der Waals surface area contributed by atoms with E-state index >= 15 is 0 Å². The molecule has 4 heteroatoms. The lowest BCUT2D eigenvalue weighted by molar-refractivity contribution is 0.590. The van der Waals surface area contributed by atoms with E-state index in [2.05, 4.69) is 60.3 Å². The predicted molar refractivity (Wildman–Crippen MR) is 92.4 cm³/mol. The van der Waals surface area contributed by atoms with Gasteiger partial charge in [-0.15, -0.1) is 0 Å². The van der Waals surface area contributed by atoms with E-state index < -0.39 is 0 Å². The number of benzene rings is 2. The molecule has 0 saturated carbocycles. The maximum absolute atomic E-state index is 5.87. The van der Waals surface area contributed by atoms with Crippen LogP contribution in [0.2, 0.25) is 0 Å². The summed E-state index contributed by atoms with van der Waals surface area (Å²) in [6, 6.07) is 14.1. The Morgan fingerprint density at radius 2 is 1.68 bits per heavy atom. The van der Waals surface area contributed by atoms with Gasteiger partial charge in [0.2, 0.25) is 0 Å². The van der Waals surface area contributed by atoms with E-state index in [1.165, 1.54) is 5.56 Å². The summed E-state index contributed by atoms with van der Waals surface area (Å²) < 4.78 is 0. The van der Waals surface area contributed by atoms with Crippen molar-refractivity contribution in [3.63, 3.8) is 0 Å². The molecule has 0 bridgehead atoms. The molecule has 0 spiro atoms. The van der Waals surface area contributed by atoms with Crippen molar-refractivity contribution in [2.24, 2.45) is 0 Å². The zero-order chi connectivity index (χ0) is 15.7. The van der Waals surface area contributed by atoms with Crippen molar-refractivity contribution in [3.05, 3.63) is 54.4 Å². The number of nitrogens with one attached hydrogen (secondary N) is 1. The minimum absolute atomic E-state index is 0.147. The standard InChI is InChI=1S/C18H20N4/c1-18(2,3)12-4-7-14(8-5-12)22-17-15-10-13(19)6-9-16(15)20-11-21-17/h4-11H,19H2,1-3H3,(H,20,21,22). The number of hydrogen-bond acceptors (Lipinski definition) is 4. The number of aromatic nitrogens is 2. The highest BCUT2D eigenvalue weighted by Gasteiger charge is 2.13. The summed E-state index contributed by atoms with van der Waals surface area (Å²) in [4.78, 5) is 8.60. The minimum Gasteiger partial charge on any atom is -0.399 e. The third-order valence-electron chi connectivity index (χ3n) is 3.67. The highest BCUT2D eigenvalue weighted by Crippen LogP contribution is 2.27. The van der Waals surface area contributed by atoms with E-state index in [1.807, 2.05) is 18.2 Å². The van der Waals surface area contributed by atoms with Crippen LogP contribution in [-0.4, -0.2) is 9.97 Å². The van der Waals surface area contributed by atoms with Gasteiger partial charge in [-0.1, -0.05) is 32.9 Å². The Kier molecular flexibility index (Phi) is 3.45. The third-order valence-corrected chi connectivity index (χ3v) is 3.67. The molecule has 3 aromatic rings. The summed E-state index contributed by atoms with van der Waals surface area (Å²) in [5, 5.41) is 4.27. The summed E-state index contributed by atoms with van der Waals surface area (Å²) >= 11 is 0. The summed E-state index contributed by atoms with van der Waals surface area (Å²) in [5.41, 5.74) is 9.89. The molecule has 3 N–H and O–H groups in total. The van der Waals surface area contributed by atoms with Crippen LogP contribution in [0.4, 0.5) is 17.2 Å². The van der Waals surface area contributed by atoms with Gasteiger partial charge in [0.05, 0.1) is 5.52 Å². The third kappa shape index (κ3) is 2.86. The van der Waals surface area contributed by atoms with Crippen molar-refractivity contribution in [3.8, 4) is 0 Å². The first-order valence-electron chi connectivity index (χ1n) is 7.31. The van der Waals surface area contributed by atoms with Crippen molar-refractivity contribution in [2.75, 3.05) is 11.1 Å². The molecule has 0 radical (unpaired) electrons. The van der Waals surface area contributed by atoms with E-state index in [9.17, 15) is 0 Å². The number of fused-ring (bicyclic) bond motifs is 1. The molecule has 1 heterocycles. The average molecular weight is 292 g/mol. The zero-order valence-electron chi connectivity index (χ0n) is 13.1. The monoisotopic (exact) mass is 292 g/mol. The molecule has 0 aliphatic heterocycles. The van der Waals surface area contributed by atoms with Crippen molar-refractivity contribution in [1.29, 1.82) is 0 Å². The van der Waals surface area contributed by atoms with Crippen LogP contribution in [0.3, 0.4) is 0 Å².